The van der Waals surface area contributed by atoms with Gasteiger partial charge < -0.3 is 15.5 Å². The number of pyridine rings is 1. The van der Waals surface area contributed by atoms with Gasteiger partial charge >= 0.3 is 0 Å². The van der Waals surface area contributed by atoms with Crippen molar-refractivity contribution in [3.63, 3.8) is 0 Å². The molecular weight excluding hydrogens is 317 g/mol. The van der Waals surface area contributed by atoms with Crippen molar-refractivity contribution in [2.45, 2.75) is 19.9 Å². The van der Waals surface area contributed by atoms with Gasteiger partial charge in [0, 0.05) is 38.9 Å². The quantitative estimate of drug-likeness (QED) is 0.599. The summed E-state index contributed by atoms with van der Waals surface area (Å²) in [5, 5.41) is 6.56. The number of guanidine groups is 1. The molecule has 6 heteroatoms. The van der Waals surface area contributed by atoms with E-state index in [9.17, 15) is 4.39 Å². The van der Waals surface area contributed by atoms with Gasteiger partial charge in [0.05, 0.1) is 6.54 Å². The highest BCUT2D eigenvalue weighted by Crippen LogP contribution is 2.15. The zero-order valence-electron chi connectivity index (χ0n) is 15.1. The normalized spacial score (nSPS) is 11.3. The van der Waals surface area contributed by atoms with Crippen molar-refractivity contribution in [1.29, 1.82) is 0 Å². The second-order valence-electron chi connectivity index (χ2n) is 5.88. The first kappa shape index (κ1) is 18.7. The summed E-state index contributed by atoms with van der Waals surface area (Å²) in [5.41, 5.74) is 2.16. The number of halogens is 1. The van der Waals surface area contributed by atoms with E-state index in [-0.39, 0.29) is 5.82 Å². The largest absolute Gasteiger partial charge is 0.362 e. The third-order valence-electron chi connectivity index (χ3n) is 3.66. The lowest BCUT2D eigenvalue weighted by Crippen LogP contribution is -2.38. The van der Waals surface area contributed by atoms with E-state index in [0.717, 1.165) is 42.4 Å². The Morgan fingerprint density at radius 1 is 1.16 bits per heavy atom. The van der Waals surface area contributed by atoms with Crippen LogP contribution in [0.4, 0.5) is 10.2 Å². The van der Waals surface area contributed by atoms with Gasteiger partial charge in [-0.2, -0.15) is 0 Å². The first-order valence-electron chi connectivity index (χ1n) is 8.48. The topological polar surface area (TPSA) is 52.6 Å². The Hall–Kier alpha value is -2.63. The van der Waals surface area contributed by atoms with Crippen LogP contribution in [0.3, 0.4) is 0 Å². The highest BCUT2D eigenvalue weighted by molar-refractivity contribution is 5.79. The molecule has 1 heterocycles. The van der Waals surface area contributed by atoms with E-state index in [1.807, 2.05) is 38.1 Å². The van der Waals surface area contributed by atoms with Crippen LogP contribution in [-0.2, 0) is 13.0 Å². The first-order chi connectivity index (χ1) is 12.1. The van der Waals surface area contributed by atoms with E-state index >= 15 is 0 Å². The lowest BCUT2D eigenvalue weighted by molar-refractivity contribution is 0.626. The maximum Gasteiger partial charge on any atom is 0.191 e. The number of rotatable bonds is 7. The van der Waals surface area contributed by atoms with Gasteiger partial charge in [-0.3, -0.25) is 0 Å². The van der Waals surface area contributed by atoms with Gasteiger partial charge in [-0.25, -0.2) is 14.4 Å². The van der Waals surface area contributed by atoms with Crippen LogP contribution in [0.25, 0.3) is 0 Å². The third-order valence-corrected chi connectivity index (χ3v) is 3.66. The summed E-state index contributed by atoms with van der Waals surface area (Å²) in [4.78, 5) is 11.0. The van der Waals surface area contributed by atoms with Gasteiger partial charge in [0.1, 0.15) is 11.6 Å². The van der Waals surface area contributed by atoms with Crippen LogP contribution in [0.15, 0.2) is 47.6 Å². The molecule has 0 saturated heterocycles. The van der Waals surface area contributed by atoms with Gasteiger partial charge in [-0.05, 0) is 37.1 Å². The second kappa shape index (κ2) is 9.61. The standard InChI is InChI=1S/C19H26FN5/c1-4-21-19(23-13-11-15-7-9-17(20)10-8-15)24-14-16-6-5-12-22-18(16)25(2)3/h5-10,12H,4,11,13-14H2,1-3H3,(H2,21,23,24). The molecule has 0 spiro atoms. The van der Waals surface area contributed by atoms with Gasteiger partial charge in [-0.15, -0.1) is 0 Å². The summed E-state index contributed by atoms with van der Waals surface area (Å²) < 4.78 is 12.9. The Kier molecular flexibility index (Phi) is 7.19. The van der Waals surface area contributed by atoms with E-state index in [1.165, 1.54) is 12.1 Å². The Morgan fingerprint density at radius 2 is 1.92 bits per heavy atom. The fourth-order valence-electron chi connectivity index (χ4n) is 2.44. The second-order valence-corrected chi connectivity index (χ2v) is 5.88. The van der Waals surface area contributed by atoms with Gasteiger partial charge in [0.2, 0.25) is 0 Å². The zero-order chi connectivity index (χ0) is 18.1. The number of anilines is 1. The zero-order valence-corrected chi connectivity index (χ0v) is 15.1. The minimum atomic E-state index is -0.209. The van der Waals surface area contributed by atoms with Crippen LogP contribution in [-0.4, -0.2) is 38.1 Å². The van der Waals surface area contributed by atoms with Gasteiger partial charge in [-0.1, -0.05) is 18.2 Å². The number of nitrogens with zero attached hydrogens (tertiary/aromatic N) is 3. The van der Waals surface area contributed by atoms with E-state index in [0.29, 0.717) is 6.54 Å². The summed E-state index contributed by atoms with van der Waals surface area (Å²) in [5.74, 6) is 1.48. The Morgan fingerprint density at radius 3 is 2.60 bits per heavy atom. The summed E-state index contributed by atoms with van der Waals surface area (Å²) in [6, 6.07) is 10.5. The van der Waals surface area contributed by atoms with E-state index in [1.54, 1.807) is 18.3 Å². The van der Waals surface area contributed by atoms with E-state index in [2.05, 4.69) is 20.6 Å². The van der Waals surface area contributed by atoms with Gasteiger partial charge in [0.15, 0.2) is 5.96 Å². The number of aliphatic imine (C=N–C) groups is 1. The SMILES string of the molecule is CCNC(=NCc1cccnc1N(C)C)NCCc1ccc(F)cc1. The maximum absolute atomic E-state index is 12.9. The van der Waals surface area contributed by atoms with Crippen molar-refractivity contribution in [3.05, 3.63) is 59.5 Å². The molecule has 5 nitrogen and oxygen atoms in total. The number of hydrogen-bond acceptors (Lipinski definition) is 3. The Balaban J connectivity index is 1.95. The molecule has 25 heavy (non-hydrogen) atoms. The van der Waals surface area contributed by atoms with Crippen molar-refractivity contribution in [2.75, 3.05) is 32.1 Å². The number of aromatic nitrogens is 1. The fourth-order valence-corrected chi connectivity index (χ4v) is 2.44. The smallest absolute Gasteiger partial charge is 0.191 e. The minimum absolute atomic E-state index is 0.209. The molecule has 0 amide bonds. The number of hydrogen-bond donors (Lipinski definition) is 2. The molecule has 1 aromatic heterocycles. The maximum atomic E-state index is 12.9. The lowest BCUT2D eigenvalue weighted by Gasteiger charge is -2.15. The molecule has 134 valence electrons. The van der Waals surface area contributed by atoms with Crippen LogP contribution < -0.4 is 15.5 Å². The van der Waals surface area contributed by atoms with Crippen LogP contribution in [0.1, 0.15) is 18.1 Å². The Labute approximate surface area is 149 Å². The van der Waals surface area contributed by atoms with Crippen LogP contribution in [0, 0.1) is 5.82 Å². The van der Waals surface area contributed by atoms with Crippen molar-refractivity contribution >= 4 is 11.8 Å². The van der Waals surface area contributed by atoms with Crippen molar-refractivity contribution in [1.82, 2.24) is 15.6 Å². The highest BCUT2D eigenvalue weighted by Gasteiger charge is 2.05. The van der Waals surface area contributed by atoms with Crippen molar-refractivity contribution < 1.29 is 4.39 Å². The summed E-state index contributed by atoms with van der Waals surface area (Å²) >= 11 is 0. The molecule has 2 aromatic rings. The average molecular weight is 343 g/mol. The molecule has 0 aliphatic carbocycles. The molecule has 0 aliphatic heterocycles. The Bertz CT molecular complexity index is 682. The minimum Gasteiger partial charge on any atom is -0.362 e. The average Bonchev–Trinajstić information content (AvgIpc) is 2.61. The van der Waals surface area contributed by atoms with Crippen LogP contribution in [0.5, 0.6) is 0 Å². The number of nitrogens with one attached hydrogen (secondary N) is 2. The van der Waals surface area contributed by atoms with Crippen LogP contribution >= 0.6 is 0 Å². The van der Waals surface area contributed by atoms with Crippen molar-refractivity contribution in [2.24, 2.45) is 4.99 Å². The molecular formula is C19H26FN5. The van der Waals surface area contributed by atoms with E-state index in [4.69, 9.17) is 0 Å². The molecule has 1 aromatic carbocycles. The van der Waals surface area contributed by atoms with Crippen molar-refractivity contribution in [3.8, 4) is 0 Å². The predicted molar refractivity (Wildman–Crippen MR) is 101 cm³/mol. The fraction of sp³-hybridized carbons (Fsp3) is 0.368. The van der Waals surface area contributed by atoms with E-state index < -0.39 is 0 Å². The molecule has 2 N–H and O–H groups in total. The monoisotopic (exact) mass is 343 g/mol. The predicted octanol–water partition coefficient (Wildman–Crippen LogP) is 2.58. The lowest BCUT2D eigenvalue weighted by atomic mass is 10.1. The number of benzene rings is 1. The summed E-state index contributed by atoms with van der Waals surface area (Å²) in [7, 11) is 3.95. The van der Waals surface area contributed by atoms with Gasteiger partial charge in [0.25, 0.3) is 0 Å². The molecule has 0 atom stereocenters. The summed E-state index contributed by atoms with van der Waals surface area (Å²) in [6.45, 7) is 4.10. The molecule has 0 saturated carbocycles. The molecule has 2 rings (SSSR count). The highest BCUT2D eigenvalue weighted by atomic mass is 19.1. The summed E-state index contributed by atoms with van der Waals surface area (Å²) in [6.07, 6.45) is 2.59. The third kappa shape index (κ3) is 6.06. The first-order valence-corrected chi connectivity index (χ1v) is 8.48. The van der Waals surface area contributed by atoms with Crippen LogP contribution in [0.2, 0.25) is 0 Å². The molecule has 0 fully saturated rings. The molecule has 0 radical (unpaired) electrons. The molecule has 0 unspecified atom stereocenters. The molecule has 0 aliphatic rings. The molecule has 0 bridgehead atoms.